The van der Waals surface area contributed by atoms with Gasteiger partial charge in [0, 0.05) is 31.8 Å². The fourth-order valence-electron chi connectivity index (χ4n) is 4.11. The van der Waals surface area contributed by atoms with Crippen LogP contribution in [0.2, 0.25) is 0 Å². The molecule has 0 saturated heterocycles. The van der Waals surface area contributed by atoms with E-state index in [9.17, 15) is 14.4 Å². The molecule has 0 bridgehead atoms. The van der Waals surface area contributed by atoms with Gasteiger partial charge in [0.2, 0.25) is 5.91 Å². The van der Waals surface area contributed by atoms with Crippen LogP contribution in [0.5, 0.6) is 0 Å². The maximum atomic E-state index is 13.0. The fourth-order valence-corrected chi connectivity index (χ4v) is 4.11. The first-order chi connectivity index (χ1) is 16.5. The molecule has 1 unspecified atom stereocenters. The molecule has 8 heteroatoms. The molecule has 3 N–H and O–H groups in total. The van der Waals surface area contributed by atoms with Crippen LogP contribution in [0.3, 0.4) is 0 Å². The number of hydrazone groups is 1. The molecule has 1 atom stereocenters. The summed E-state index contributed by atoms with van der Waals surface area (Å²) in [5, 5.41) is 6.41. The minimum absolute atomic E-state index is 0.158. The lowest BCUT2D eigenvalue weighted by atomic mass is 9.98. The zero-order valence-corrected chi connectivity index (χ0v) is 19.7. The first kappa shape index (κ1) is 24.8. The molecule has 2 aromatic carbocycles. The van der Waals surface area contributed by atoms with Crippen molar-refractivity contribution in [1.82, 2.24) is 10.2 Å². The van der Waals surface area contributed by atoms with Crippen molar-refractivity contribution >= 4 is 30.0 Å². The molecule has 178 valence electrons. The fraction of sp³-hybridized carbons (Fsp3) is 0.346. The van der Waals surface area contributed by atoms with Gasteiger partial charge in [0.25, 0.3) is 5.91 Å². The Balaban J connectivity index is 1.64. The molecule has 0 aliphatic carbocycles. The Morgan fingerprint density at radius 1 is 1.24 bits per heavy atom. The summed E-state index contributed by atoms with van der Waals surface area (Å²) in [6.07, 6.45) is 4.14. The molecule has 34 heavy (non-hydrogen) atoms. The van der Waals surface area contributed by atoms with E-state index in [0.29, 0.717) is 43.6 Å². The van der Waals surface area contributed by atoms with E-state index in [4.69, 9.17) is 5.84 Å². The van der Waals surface area contributed by atoms with Gasteiger partial charge >= 0.3 is 0 Å². The molecule has 0 fully saturated rings. The average Bonchev–Trinajstić information content (AvgIpc) is 3.18. The number of nitrogens with two attached hydrogens (primary N) is 1. The third kappa shape index (κ3) is 6.15. The number of fused-ring (bicyclic) bond motifs is 1. The summed E-state index contributed by atoms with van der Waals surface area (Å²) in [7, 11) is 1.55. The van der Waals surface area contributed by atoms with E-state index in [2.05, 4.69) is 21.5 Å². The number of hydrogen-bond acceptors (Lipinski definition) is 6. The van der Waals surface area contributed by atoms with Gasteiger partial charge in [-0.1, -0.05) is 42.0 Å². The Hall–Kier alpha value is -3.81. The van der Waals surface area contributed by atoms with Crippen LogP contribution in [0, 0.1) is 6.92 Å². The van der Waals surface area contributed by atoms with Gasteiger partial charge in [-0.25, -0.2) is 0 Å². The number of aliphatic imine (C=N–C) groups is 1. The quantitative estimate of drug-likeness (QED) is 0.231. The van der Waals surface area contributed by atoms with Crippen LogP contribution in [-0.2, 0) is 29.1 Å². The SMILES string of the molecule is CNC(=O)CCC(C=O)N1Cc2c(CCC(C=NCc3cccc(C)c3)=NN)cccc2C1=O. The molecule has 1 aliphatic heterocycles. The van der Waals surface area contributed by atoms with Gasteiger partial charge < -0.3 is 20.9 Å². The second kappa shape index (κ2) is 11.9. The molecular formula is C26H31N5O3. The first-order valence-corrected chi connectivity index (χ1v) is 11.4. The molecule has 8 nitrogen and oxygen atoms in total. The van der Waals surface area contributed by atoms with Crippen LogP contribution in [0.25, 0.3) is 0 Å². The molecular weight excluding hydrogens is 430 g/mol. The molecule has 0 saturated carbocycles. The Bertz CT molecular complexity index is 1110. The molecule has 1 aliphatic rings. The smallest absolute Gasteiger partial charge is 0.255 e. The number of hydrogen-bond donors (Lipinski definition) is 2. The number of nitrogens with one attached hydrogen (secondary N) is 1. The standard InChI is InChI=1S/C26H31N5O3/c1-18-5-3-6-19(13-18)14-29-15-21(30-27)10-9-20-7-4-8-23-24(20)16-31(26(23)34)22(17-32)11-12-25(33)28-2/h3-8,13,15,17,22H,9-12,14,16,27H2,1-2H3,(H,28,33). The van der Waals surface area contributed by atoms with Crippen molar-refractivity contribution in [1.29, 1.82) is 0 Å². The molecule has 2 aromatic rings. The zero-order chi connectivity index (χ0) is 24.5. The molecule has 2 amide bonds. The second-order valence-electron chi connectivity index (χ2n) is 8.37. The summed E-state index contributed by atoms with van der Waals surface area (Å²) >= 11 is 0. The molecule has 3 rings (SSSR count). The Kier molecular flexibility index (Phi) is 8.67. The van der Waals surface area contributed by atoms with Crippen molar-refractivity contribution in [2.75, 3.05) is 7.05 Å². The van der Waals surface area contributed by atoms with Crippen molar-refractivity contribution in [3.63, 3.8) is 0 Å². The monoisotopic (exact) mass is 461 g/mol. The Morgan fingerprint density at radius 2 is 2.03 bits per heavy atom. The molecule has 0 spiro atoms. The lowest BCUT2D eigenvalue weighted by molar-refractivity contribution is -0.121. The maximum absolute atomic E-state index is 13.0. The predicted molar refractivity (Wildman–Crippen MR) is 133 cm³/mol. The van der Waals surface area contributed by atoms with Crippen molar-refractivity contribution in [2.24, 2.45) is 15.9 Å². The van der Waals surface area contributed by atoms with Gasteiger partial charge in [-0.3, -0.25) is 14.6 Å². The largest absolute Gasteiger partial charge is 0.359 e. The van der Waals surface area contributed by atoms with Crippen LogP contribution in [0.4, 0.5) is 0 Å². The minimum atomic E-state index is -0.639. The normalized spacial score (nSPS) is 14.4. The molecule has 1 heterocycles. The van der Waals surface area contributed by atoms with Crippen LogP contribution in [0.15, 0.2) is 52.6 Å². The van der Waals surface area contributed by atoms with E-state index in [1.54, 1.807) is 24.2 Å². The van der Waals surface area contributed by atoms with Crippen molar-refractivity contribution < 1.29 is 14.4 Å². The predicted octanol–water partition coefficient (Wildman–Crippen LogP) is 2.56. The summed E-state index contributed by atoms with van der Waals surface area (Å²) in [5.41, 5.74) is 5.50. The zero-order valence-electron chi connectivity index (χ0n) is 19.7. The van der Waals surface area contributed by atoms with E-state index in [1.165, 1.54) is 5.56 Å². The van der Waals surface area contributed by atoms with Crippen LogP contribution >= 0.6 is 0 Å². The first-order valence-electron chi connectivity index (χ1n) is 11.4. The number of carbonyl (C=O) groups is 3. The maximum Gasteiger partial charge on any atom is 0.255 e. The Morgan fingerprint density at radius 3 is 2.74 bits per heavy atom. The summed E-state index contributed by atoms with van der Waals surface area (Å²) in [5.74, 6) is 5.25. The van der Waals surface area contributed by atoms with Gasteiger partial charge in [0.05, 0.1) is 18.3 Å². The van der Waals surface area contributed by atoms with E-state index < -0.39 is 6.04 Å². The van der Waals surface area contributed by atoms with Gasteiger partial charge in [-0.15, -0.1) is 0 Å². The number of rotatable bonds is 11. The minimum Gasteiger partial charge on any atom is -0.359 e. The summed E-state index contributed by atoms with van der Waals surface area (Å²) < 4.78 is 0. The number of carbonyl (C=O) groups excluding carboxylic acids is 3. The van der Waals surface area contributed by atoms with E-state index in [1.807, 2.05) is 37.3 Å². The van der Waals surface area contributed by atoms with Crippen LogP contribution < -0.4 is 11.2 Å². The van der Waals surface area contributed by atoms with Crippen LogP contribution in [-0.4, -0.2) is 48.0 Å². The lowest BCUT2D eigenvalue weighted by Crippen LogP contribution is -2.37. The number of benzene rings is 2. The van der Waals surface area contributed by atoms with E-state index in [-0.39, 0.29) is 18.2 Å². The van der Waals surface area contributed by atoms with Crippen molar-refractivity contribution in [3.8, 4) is 0 Å². The third-order valence-electron chi connectivity index (χ3n) is 6.01. The Labute approximate surface area is 199 Å². The highest BCUT2D eigenvalue weighted by Gasteiger charge is 2.33. The van der Waals surface area contributed by atoms with E-state index >= 15 is 0 Å². The number of amides is 2. The van der Waals surface area contributed by atoms with Crippen LogP contribution in [0.1, 0.15) is 51.9 Å². The lowest BCUT2D eigenvalue weighted by Gasteiger charge is -2.22. The average molecular weight is 462 g/mol. The highest BCUT2D eigenvalue weighted by Crippen LogP contribution is 2.29. The van der Waals surface area contributed by atoms with Gasteiger partial charge in [-0.2, -0.15) is 5.10 Å². The summed E-state index contributed by atoms with van der Waals surface area (Å²) in [4.78, 5) is 42.2. The third-order valence-corrected chi connectivity index (χ3v) is 6.01. The van der Waals surface area contributed by atoms with E-state index in [0.717, 1.165) is 23.0 Å². The number of aryl methyl sites for hydroxylation is 2. The highest BCUT2D eigenvalue weighted by molar-refractivity contribution is 6.30. The van der Waals surface area contributed by atoms with Gasteiger partial charge in [-0.05, 0) is 48.9 Å². The number of nitrogens with zero attached hydrogens (tertiary/aromatic N) is 3. The molecule has 0 aromatic heterocycles. The summed E-state index contributed by atoms with van der Waals surface area (Å²) in [6.45, 7) is 2.94. The molecule has 0 radical (unpaired) electrons. The van der Waals surface area contributed by atoms with Gasteiger partial charge in [0.15, 0.2) is 0 Å². The van der Waals surface area contributed by atoms with Gasteiger partial charge in [0.1, 0.15) is 6.29 Å². The van der Waals surface area contributed by atoms with Crippen molar-refractivity contribution in [2.45, 2.75) is 51.7 Å². The second-order valence-corrected chi connectivity index (χ2v) is 8.37. The van der Waals surface area contributed by atoms with Crippen molar-refractivity contribution in [3.05, 3.63) is 70.3 Å². The summed E-state index contributed by atoms with van der Waals surface area (Å²) in [6, 6.07) is 13.1. The highest BCUT2D eigenvalue weighted by atomic mass is 16.2. The topological polar surface area (TPSA) is 117 Å². The number of aldehydes is 1.